The number of hydrazine groups is 1. The van der Waals surface area contributed by atoms with Crippen molar-refractivity contribution >= 4 is 6.03 Å². The number of urea groups is 1. The highest BCUT2D eigenvalue weighted by molar-refractivity contribution is 5.76. The van der Waals surface area contributed by atoms with Crippen LogP contribution >= 0.6 is 0 Å². The molecular weight excluding hydrogens is 298 g/mol. The Morgan fingerprint density at radius 2 is 1.50 bits per heavy atom. The van der Waals surface area contributed by atoms with Gasteiger partial charge in [0.25, 0.3) is 0 Å². The van der Waals surface area contributed by atoms with Crippen molar-refractivity contribution in [3.05, 3.63) is 71.8 Å². The van der Waals surface area contributed by atoms with Crippen molar-refractivity contribution in [2.75, 3.05) is 6.54 Å². The lowest BCUT2D eigenvalue weighted by Crippen LogP contribution is -2.49. The Bertz CT molecular complexity index is 616. The Kier molecular flexibility index (Phi) is 5.16. The summed E-state index contributed by atoms with van der Waals surface area (Å²) in [6, 6.07) is 20.8. The standard InChI is InChI=1S/C20H25N3O/c1-16(2)19-13-21-20(24)23(19)22(14-17-9-5-3-6-10-17)15-18-11-7-4-8-12-18/h3-12,16,19H,13-15H2,1-2H3,(H,21,24)/t19-/m1/s1. The van der Waals surface area contributed by atoms with Crippen LogP contribution in [0.5, 0.6) is 0 Å². The van der Waals surface area contributed by atoms with Gasteiger partial charge in [-0.15, -0.1) is 0 Å². The molecule has 0 spiro atoms. The third-order valence-electron chi connectivity index (χ3n) is 4.47. The van der Waals surface area contributed by atoms with Gasteiger partial charge in [-0.3, -0.25) is 5.01 Å². The first-order valence-electron chi connectivity index (χ1n) is 8.55. The van der Waals surface area contributed by atoms with E-state index in [4.69, 9.17) is 0 Å². The molecule has 4 nitrogen and oxygen atoms in total. The zero-order chi connectivity index (χ0) is 16.9. The van der Waals surface area contributed by atoms with Gasteiger partial charge in [0.15, 0.2) is 0 Å². The van der Waals surface area contributed by atoms with Gasteiger partial charge in [0.1, 0.15) is 0 Å². The van der Waals surface area contributed by atoms with Crippen molar-refractivity contribution in [1.29, 1.82) is 0 Å². The monoisotopic (exact) mass is 323 g/mol. The maximum Gasteiger partial charge on any atom is 0.332 e. The number of rotatable bonds is 6. The average Bonchev–Trinajstić information content (AvgIpc) is 2.98. The van der Waals surface area contributed by atoms with Gasteiger partial charge < -0.3 is 5.32 Å². The maximum atomic E-state index is 12.5. The van der Waals surface area contributed by atoms with E-state index in [-0.39, 0.29) is 12.1 Å². The first-order valence-corrected chi connectivity index (χ1v) is 8.55. The molecule has 3 rings (SSSR count). The van der Waals surface area contributed by atoms with E-state index < -0.39 is 0 Å². The Balaban J connectivity index is 1.87. The van der Waals surface area contributed by atoms with E-state index in [2.05, 4.69) is 48.4 Å². The molecule has 1 fully saturated rings. The normalized spacial score (nSPS) is 17.6. The van der Waals surface area contributed by atoms with Gasteiger partial charge in [-0.1, -0.05) is 74.5 Å². The fourth-order valence-corrected chi connectivity index (χ4v) is 3.16. The van der Waals surface area contributed by atoms with Gasteiger partial charge in [-0.25, -0.2) is 9.80 Å². The van der Waals surface area contributed by atoms with Crippen LogP contribution < -0.4 is 5.32 Å². The summed E-state index contributed by atoms with van der Waals surface area (Å²) < 4.78 is 0. The van der Waals surface area contributed by atoms with Gasteiger partial charge in [0.2, 0.25) is 0 Å². The van der Waals surface area contributed by atoms with Crippen LogP contribution in [-0.2, 0) is 13.1 Å². The van der Waals surface area contributed by atoms with E-state index in [1.165, 1.54) is 11.1 Å². The molecule has 0 unspecified atom stereocenters. The first kappa shape index (κ1) is 16.5. The molecule has 24 heavy (non-hydrogen) atoms. The highest BCUT2D eigenvalue weighted by Gasteiger charge is 2.36. The SMILES string of the molecule is CC(C)[C@H]1CNC(=O)N1N(Cc1ccccc1)Cc1ccccc1. The van der Waals surface area contributed by atoms with Crippen molar-refractivity contribution in [2.45, 2.75) is 33.0 Å². The number of hydrogen-bond donors (Lipinski definition) is 1. The van der Waals surface area contributed by atoms with Crippen LogP contribution in [0.25, 0.3) is 0 Å². The van der Waals surface area contributed by atoms with Gasteiger partial charge in [-0.05, 0) is 17.0 Å². The number of hydrogen-bond acceptors (Lipinski definition) is 2. The topological polar surface area (TPSA) is 35.6 Å². The van der Waals surface area contributed by atoms with Crippen molar-refractivity contribution in [3.63, 3.8) is 0 Å². The maximum absolute atomic E-state index is 12.5. The van der Waals surface area contributed by atoms with E-state index in [9.17, 15) is 4.79 Å². The number of carbonyl (C=O) groups is 1. The lowest BCUT2D eigenvalue weighted by molar-refractivity contribution is -0.0261. The third kappa shape index (κ3) is 3.77. The van der Waals surface area contributed by atoms with E-state index in [0.717, 1.165) is 0 Å². The fourth-order valence-electron chi connectivity index (χ4n) is 3.16. The Labute approximate surface area is 144 Å². The predicted octanol–water partition coefficient (Wildman–Crippen LogP) is 3.65. The number of amides is 2. The molecular formula is C20H25N3O. The minimum Gasteiger partial charge on any atom is -0.335 e. The van der Waals surface area contributed by atoms with Crippen molar-refractivity contribution in [2.24, 2.45) is 5.92 Å². The lowest BCUT2D eigenvalue weighted by Gasteiger charge is -2.36. The second-order valence-electron chi connectivity index (χ2n) is 6.64. The van der Waals surface area contributed by atoms with Gasteiger partial charge >= 0.3 is 6.03 Å². The van der Waals surface area contributed by atoms with Crippen molar-refractivity contribution < 1.29 is 4.79 Å². The van der Waals surface area contributed by atoms with E-state index >= 15 is 0 Å². The molecule has 2 aromatic rings. The molecule has 4 heteroatoms. The molecule has 1 aliphatic heterocycles. The molecule has 1 heterocycles. The van der Waals surface area contributed by atoms with E-state index in [1.807, 2.05) is 41.4 Å². The summed E-state index contributed by atoms with van der Waals surface area (Å²) in [7, 11) is 0. The first-order chi connectivity index (χ1) is 11.6. The minimum atomic E-state index is 0.000521. The largest absolute Gasteiger partial charge is 0.335 e. The smallest absolute Gasteiger partial charge is 0.332 e. The fraction of sp³-hybridized carbons (Fsp3) is 0.350. The molecule has 1 saturated heterocycles. The van der Waals surface area contributed by atoms with Crippen molar-refractivity contribution in [1.82, 2.24) is 15.3 Å². The molecule has 1 aliphatic rings. The molecule has 126 valence electrons. The molecule has 1 N–H and O–H groups in total. The molecule has 0 radical (unpaired) electrons. The zero-order valence-electron chi connectivity index (χ0n) is 14.4. The Morgan fingerprint density at radius 1 is 1.00 bits per heavy atom. The highest BCUT2D eigenvalue weighted by Crippen LogP contribution is 2.22. The van der Waals surface area contributed by atoms with Gasteiger partial charge in [0, 0.05) is 19.6 Å². The molecule has 2 aromatic carbocycles. The second-order valence-corrected chi connectivity index (χ2v) is 6.64. The van der Waals surface area contributed by atoms with Gasteiger partial charge in [0.05, 0.1) is 6.04 Å². The van der Waals surface area contributed by atoms with Crippen LogP contribution in [0.3, 0.4) is 0 Å². The van der Waals surface area contributed by atoms with Gasteiger partial charge in [-0.2, -0.15) is 0 Å². The molecule has 0 aliphatic carbocycles. The summed E-state index contributed by atoms with van der Waals surface area (Å²) in [6.07, 6.45) is 0. The molecule has 0 bridgehead atoms. The summed E-state index contributed by atoms with van der Waals surface area (Å²) >= 11 is 0. The highest BCUT2D eigenvalue weighted by atomic mass is 16.2. The summed E-state index contributed by atoms with van der Waals surface area (Å²) in [4.78, 5) is 12.5. The van der Waals surface area contributed by atoms with Crippen LogP contribution in [0.15, 0.2) is 60.7 Å². The quantitative estimate of drug-likeness (QED) is 0.881. The van der Waals surface area contributed by atoms with Crippen LogP contribution in [0.1, 0.15) is 25.0 Å². The second kappa shape index (κ2) is 7.49. The summed E-state index contributed by atoms with van der Waals surface area (Å²) in [5.74, 6) is 0.401. The number of nitrogens with zero attached hydrogens (tertiary/aromatic N) is 2. The van der Waals surface area contributed by atoms with E-state index in [1.54, 1.807) is 0 Å². The molecule has 0 saturated carbocycles. The summed E-state index contributed by atoms with van der Waals surface area (Å²) in [6.45, 7) is 6.47. The Hall–Kier alpha value is -2.33. The third-order valence-corrected chi connectivity index (χ3v) is 4.47. The van der Waals surface area contributed by atoms with Crippen LogP contribution in [-0.4, -0.2) is 28.6 Å². The van der Waals surface area contributed by atoms with Crippen LogP contribution in [0.4, 0.5) is 4.79 Å². The van der Waals surface area contributed by atoms with Crippen LogP contribution in [0.2, 0.25) is 0 Å². The van der Waals surface area contributed by atoms with Crippen LogP contribution in [0, 0.1) is 5.92 Å². The van der Waals surface area contributed by atoms with E-state index in [0.29, 0.717) is 25.6 Å². The lowest BCUT2D eigenvalue weighted by atomic mass is 10.1. The number of nitrogens with one attached hydrogen (secondary N) is 1. The number of carbonyl (C=O) groups excluding carboxylic acids is 1. The predicted molar refractivity (Wildman–Crippen MR) is 96.0 cm³/mol. The molecule has 2 amide bonds. The zero-order valence-corrected chi connectivity index (χ0v) is 14.4. The Morgan fingerprint density at radius 3 is 1.96 bits per heavy atom. The minimum absolute atomic E-state index is 0.000521. The van der Waals surface area contributed by atoms with Crippen molar-refractivity contribution in [3.8, 4) is 0 Å². The molecule has 0 aromatic heterocycles. The average molecular weight is 323 g/mol. The summed E-state index contributed by atoms with van der Waals surface area (Å²) in [5, 5.41) is 7.08. The number of benzene rings is 2. The molecule has 1 atom stereocenters. The summed E-state index contributed by atoms with van der Waals surface area (Å²) in [5.41, 5.74) is 2.41.